The summed E-state index contributed by atoms with van der Waals surface area (Å²) in [4.78, 5) is 12.4. The summed E-state index contributed by atoms with van der Waals surface area (Å²) in [6, 6.07) is 0. The van der Waals surface area contributed by atoms with E-state index in [1.807, 2.05) is 0 Å². The summed E-state index contributed by atoms with van der Waals surface area (Å²) in [6.45, 7) is 10.6. The van der Waals surface area contributed by atoms with Crippen molar-refractivity contribution in [1.82, 2.24) is 0 Å². The highest BCUT2D eigenvalue weighted by atomic mass is 16.6. The van der Waals surface area contributed by atoms with E-state index in [-0.39, 0.29) is 21.8 Å². The SMILES string of the molecule is COC1=CC2=CCC3C(=CC[C@@]4(C)C3CCC43CO3)[C@@]2(C)CC1.COC1=CC2=CCC3C(=CC[C@]4(C)C(=O)CCC34)[C@@]2(C)CC1. The third-order valence-electron chi connectivity index (χ3n) is 15.2. The zero-order chi connectivity index (χ0) is 31.4. The highest BCUT2D eigenvalue weighted by Gasteiger charge is 2.68. The number of ketones is 1. The van der Waals surface area contributed by atoms with Crippen LogP contribution in [-0.4, -0.2) is 32.2 Å². The molecule has 1 saturated heterocycles. The summed E-state index contributed by atoms with van der Waals surface area (Å²) in [6.07, 6.45) is 28.0. The van der Waals surface area contributed by atoms with Gasteiger partial charge in [0.15, 0.2) is 0 Å². The molecule has 1 aliphatic heterocycles. The lowest BCUT2D eigenvalue weighted by molar-refractivity contribution is -0.127. The second-order valence-electron chi connectivity index (χ2n) is 16.9. The molecular weight excluding hydrogens is 556 g/mol. The Labute approximate surface area is 271 Å². The van der Waals surface area contributed by atoms with Gasteiger partial charge >= 0.3 is 0 Å². The number of hydrogen-bond donors (Lipinski definition) is 0. The van der Waals surface area contributed by atoms with Crippen LogP contribution in [0, 0.1) is 45.3 Å². The van der Waals surface area contributed by atoms with Gasteiger partial charge in [-0.25, -0.2) is 0 Å². The topological polar surface area (TPSA) is 48.1 Å². The summed E-state index contributed by atoms with van der Waals surface area (Å²) in [5.41, 5.74) is 7.23. The number of rotatable bonds is 2. The minimum atomic E-state index is -0.0853. The van der Waals surface area contributed by atoms with Crippen molar-refractivity contribution < 1.29 is 19.0 Å². The molecule has 8 aliphatic carbocycles. The average Bonchev–Trinajstić information content (AvgIpc) is 3.70. The van der Waals surface area contributed by atoms with Crippen molar-refractivity contribution in [3.05, 3.63) is 70.3 Å². The van der Waals surface area contributed by atoms with Crippen molar-refractivity contribution >= 4 is 5.78 Å². The molecule has 0 aromatic carbocycles. The van der Waals surface area contributed by atoms with Crippen LogP contribution < -0.4 is 0 Å². The first-order valence-corrected chi connectivity index (χ1v) is 18.0. The Kier molecular flexibility index (Phi) is 6.73. The van der Waals surface area contributed by atoms with Crippen molar-refractivity contribution in [2.24, 2.45) is 45.3 Å². The summed E-state index contributed by atoms with van der Waals surface area (Å²) >= 11 is 0. The molecule has 1 heterocycles. The fraction of sp³-hybridized carbons (Fsp3) is 0.683. The third kappa shape index (κ3) is 4.09. The smallest absolute Gasteiger partial charge is 0.139 e. The maximum Gasteiger partial charge on any atom is 0.139 e. The first kappa shape index (κ1) is 30.0. The molecule has 4 heteroatoms. The number of Topliss-reactive ketones (excluding diaryl/α,β-unsaturated/α-hetero) is 1. The van der Waals surface area contributed by atoms with Gasteiger partial charge in [0.05, 0.1) is 37.9 Å². The number of epoxide rings is 1. The van der Waals surface area contributed by atoms with E-state index in [2.05, 4.69) is 64.2 Å². The van der Waals surface area contributed by atoms with Crippen molar-refractivity contribution in [1.29, 1.82) is 0 Å². The Morgan fingerprint density at radius 2 is 1.27 bits per heavy atom. The molecule has 3 fully saturated rings. The molecule has 0 amide bonds. The minimum absolute atomic E-state index is 0.0853. The predicted molar refractivity (Wildman–Crippen MR) is 178 cm³/mol. The lowest BCUT2D eigenvalue weighted by atomic mass is 9.52. The fourth-order valence-electron chi connectivity index (χ4n) is 12.0. The normalized spacial score (nSPS) is 46.9. The molecule has 242 valence electrons. The van der Waals surface area contributed by atoms with E-state index in [1.165, 1.54) is 43.3 Å². The molecule has 0 radical (unpaired) electrons. The van der Waals surface area contributed by atoms with Gasteiger partial charge < -0.3 is 14.2 Å². The van der Waals surface area contributed by atoms with E-state index < -0.39 is 0 Å². The van der Waals surface area contributed by atoms with Crippen LogP contribution in [0.15, 0.2) is 70.3 Å². The number of fused-ring (bicyclic) bond motifs is 11. The molecule has 0 aromatic rings. The number of carbonyl (C=O) groups excluding carboxylic acids is 1. The van der Waals surface area contributed by atoms with Gasteiger partial charge in [0.1, 0.15) is 5.78 Å². The van der Waals surface area contributed by atoms with Crippen molar-refractivity contribution in [3.63, 3.8) is 0 Å². The van der Waals surface area contributed by atoms with Crippen LogP contribution in [0.5, 0.6) is 0 Å². The first-order valence-electron chi connectivity index (χ1n) is 18.0. The Morgan fingerprint density at radius 1 is 0.711 bits per heavy atom. The molecule has 4 nitrogen and oxygen atoms in total. The van der Waals surface area contributed by atoms with Crippen LogP contribution in [0.3, 0.4) is 0 Å². The fourth-order valence-corrected chi connectivity index (χ4v) is 12.0. The molecule has 0 bridgehead atoms. The van der Waals surface area contributed by atoms with E-state index in [1.54, 1.807) is 25.4 Å². The van der Waals surface area contributed by atoms with Gasteiger partial charge in [-0.3, -0.25) is 4.79 Å². The Bertz CT molecular complexity index is 1500. The molecular formula is C41H54O4. The molecule has 5 unspecified atom stereocenters. The maximum atomic E-state index is 12.4. The lowest BCUT2D eigenvalue weighted by Gasteiger charge is -2.52. The summed E-state index contributed by atoms with van der Waals surface area (Å²) in [5, 5.41) is 0. The third-order valence-corrected chi connectivity index (χ3v) is 15.2. The van der Waals surface area contributed by atoms with Crippen LogP contribution in [0.2, 0.25) is 0 Å². The summed E-state index contributed by atoms with van der Waals surface area (Å²) in [7, 11) is 3.58. The van der Waals surface area contributed by atoms with E-state index in [0.717, 1.165) is 74.9 Å². The van der Waals surface area contributed by atoms with E-state index in [0.29, 0.717) is 23.0 Å². The molecule has 45 heavy (non-hydrogen) atoms. The van der Waals surface area contributed by atoms with Gasteiger partial charge in [0.2, 0.25) is 0 Å². The van der Waals surface area contributed by atoms with Crippen molar-refractivity contribution in [2.45, 2.75) is 110 Å². The second kappa shape index (κ2) is 10.1. The van der Waals surface area contributed by atoms with Gasteiger partial charge in [0, 0.05) is 40.9 Å². The zero-order valence-electron chi connectivity index (χ0n) is 28.6. The van der Waals surface area contributed by atoms with Gasteiger partial charge in [-0.1, -0.05) is 63.1 Å². The standard InChI is InChI=1S/C21H28O2.C20H26O2/c1-19-9-6-15(22-3)12-14(19)4-5-16-17(19)7-10-20(2)18(16)8-11-21(20)13-23-21;1-19-10-8-14(22-3)12-13(19)4-5-15-16-6-7-18(21)20(16,2)11-9-17(15)19/h4,7,12,16,18H,5-6,8-11,13H2,1-3H3;4,9,12,15-16H,5-8,10-11H2,1-3H3/t16?,18?,19-,20-,21?;15?,16?,19-,20-/m00/s1. The quantitative estimate of drug-likeness (QED) is 0.231. The van der Waals surface area contributed by atoms with E-state index >= 15 is 0 Å². The molecule has 0 N–H and O–H groups in total. The molecule has 2 saturated carbocycles. The van der Waals surface area contributed by atoms with Gasteiger partial charge in [-0.15, -0.1) is 0 Å². The summed E-state index contributed by atoms with van der Waals surface area (Å²) in [5.74, 6) is 5.45. The zero-order valence-corrected chi connectivity index (χ0v) is 28.6. The van der Waals surface area contributed by atoms with Crippen LogP contribution in [0.25, 0.3) is 0 Å². The Morgan fingerprint density at radius 3 is 1.82 bits per heavy atom. The predicted octanol–water partition coefficient (Wildman–Crippen LogP) is 9.36. The van der Waals surface area contributed by atoms with Crippen LogP contribution in [0.4, 0.5) is 0 Å². The van der Waals surface area contributed by atoms with Crippen LogP contribution in [-0.2, 0) is 19.0 Å². The second-order valence-corrected chi connectivity index (χ2v) is 16.9. The Balaban J connectivity index is 0.000000134. The molecule has 9 atom stereocenters. The van der Waals surface area contributed by atoms with Gasteiger partial charge in [-0.05, 0) is 105 Å². The number of ether oxygens (including phenoxy) is 3. The minimum Gasteiger partial charge on any atom is -0.501 e. The number of hydrogen-bond acceptors (Lipinski definition) is 4. The van der Waals surface area contributed by atoms with Gasteiger partial charge in [-0.2, -0.15) is 0 Å². The lowest BCUT2D eigenvalue weighted by Crippen LogP contribution is -2.45. The number of carbonyl (C=O) groups is 1. The highest BCUT2D eigenvalue weighted by Crippen LogP contribution is 2.69. The molecule has 0 aromatic heterocycles. The average molecular weight is 611 g/mol. The van der Waals surface area contributed by atoms with Crippen LogP contribution in [0.1, 0.15) is 105 Å². The van der Waals surface area contributed by atoms with Crippen molar-refractivity contribution in [2.75, 3.05) is 20.8 Å². The monoisotopic (exact) mass is 610 g/mol. The molecule has 9 rings (SSSR count). The van der Waals surface area contributed by atoms with Crippen molar-refractivity contribution in [3.8, 4) is 0 Å². The van der Waals surface area contributed by atoms with E-state index in [9.17, 15) is 4.79 Å². The van der Waals surface area contributed by atoms with Crippen LogP contribution >= 0.6 is 0 Å². The first-order chi connectivity index (χ1) is 21.5. The highest BCUT2D eigenvalue weighted by molar-refractivity contribution is 5.87. The maximum absolute atomic E-state index is 12.4. The van der Waals surface area contributed by atoms with E-state index in [4.69, 9.17) is 14.2 Å². The van der Waals surface area contributed by atoms with Gasteiger partial charge in [0.25, 0.3) is 0 Å². The number of methoxy groups -OCH3 is 2. The Hall–Kier alpha value is -2.33. The largest absolute Gasteiger partial charge is 0.501 e. The molecule has 1 spiro atoms. The summed E-state index contributed by atoms with van der Waals surface area (Å²) < 4.78 is 17.0. The molecule has 9 aliphatic rings. The number of allylic oxidation sites excluding steroid dienone is 12.